The average molecular weight is 191 g/mol. The molecule has 2 heterocycles. The Bertz CT molecular complexity index is 369. The topological polar surface area (TPSA) is 38.1 Å². The van der Waals surface area contributed by atoms with E-state index in [9.17, 15) is 4.79 Å². The molecule has 1 aliphatic rings. The lowest BCUT2D eigenvalue weighted by molar-refractivity contribution is -0.117. The van der Waals surface area contributed by atoms with Crippen molar-refractivity contribution in [1.29, 1.82) is 0 Å². The van der Waals surface area contributed by atoms with Gasteiger partial charge < -0.3 is 0 Å². The Morgan fingerprint density at radius 2 is 2.50 bits per heavy atom. The third-order valence-electron chi connectivity index (χ3n) is 2.56. The largest absolute Gasteiger partial charge is 0.296 e. The highest BCUT2D eigenvalue weighted by Crippen LogP contribution is 2.24. The normalized spacial score (nSPS) is 21.6. The van der Waals surface area contributed by atoms with Gasteiger partial charge in [-0.2, -0.15) is 5.10 Å². The van der Waals surface area contributed by atoms with Crippen molar-refractivity contribution in [3.8, 4) is 0 Å². The predicted molar refractivity (Wildman–Crippen MR) is 53.9 cm³/mol. The van der Waals surface area contributed by atoms with Gasteiger partial charge in [0.1, 0.15) is 5.82 Å². The van der Waals surface area contributed by atoms with E-state index < -0.39 is 0 Å². The summed E-state index contributed by atoms with van der Waals surface area (Å²) >= 11 is 0. The zero-order valence-corrected chi connectivity index (χ0v) is 8.18. The highest BCUT2D eigenvalue weighted by molar-refractivity contribution is 5.95. The first-order valence-corrected chi connectivity index (χ1v) is 4.63. The molecule has 0 aliphatic carbocycles. The van der Waals surface area contributed by atoms with Gasteiger partial charge in [0, 0.05) is 32.0 Å². The highest BCUT2D eigenvalue weighted by atomic mass is 16.2. The lowest BCUT2D eigenvalue weighted by Gasteiger charge is -2.15. The molecule has 74 valence electrons. The maximum Gasteiger partial charge on any atom is 0.228 e. The molecule has 0 radical (unpaired) electrons. The summed E-state index contributed by atoms with van der Waals surface area (Å²) in [6.07, 6.45) is 4.10. The highest BCUT2D eigenvalue weighted by Gasteiger charge is 2.29. The molecule has 1 aliphatic heterocycles. The number of anilines is 1. The van der Waals surface area contributed by atoms with Gasteiger partial charge in [0.2, 0.25) is 5.91 Å². The molecule has 1 aromatic heterocycles. The molecular weight excluding hydrogens is 178 g/mol. The average Bonchev–Trinajstić information content (AvgIpc) is 2.72. The van der Waals surface area contributed by atoms with Crippen LogP contribution < -0.4 is 4.90 Å². The van der Waals surface area contributed by atoms with Gasteiger partial charge in [-0.05, 0) is 0 Å². The van der Waals surface area contributed by atoms with Crippen molar-refractivity contribution < 1.29 is 4.79 Å². The van der Waals surface area contributed by atoms with Crippen LogP contribution in [0.1, 0.15) is 6.42 Å². The molecule has 1 saturated heterocycles. The van der Waals surface area contributed by atoms with Gasteiger partial charge in [-0.1, -0.05) is 6.08 Å². The maximum absolute atomic E-state index is 11.6. The SMILES string of the molecule is C=CC1CC(=O)N(c2ccnn2C)C1. The summed E-state index contributed by atoms with van der Waals surface area (Å²) in [6.45, 7) is 4.44. The Morgan fingerprint density at radius 3 is 3.00 bits per heavy atom. The van der Waals surface area contributed by atoms with Crippen molar-refractivity contribution in [2.24, 2.45) is 13.0 Å². The zero-order valence-electron chi connectivity index (χ0n) is 8.18. The van der Waals surface area contributed by atoms with Gasteiger partial charge in [-0.25, -0.2) is 0 Å². The number of aromatic nitrogens is 2. The van der Waals surface area contributed by atoms with E-state index >= 15 is 0 Å². The van der Waals surface area contributed by atoms with Crippen LogP contribution in [-0.4, -0.2) is 22.2 Å². The Morgan fingerprint density at radius 1 is 1.71 bits per heavy atom. The molecule has 0 bridgehead atoms. The third kappa shape index (κ3) is 1.32. The molecule has 2 rings (SSSR count). The second kappa shape index (κ2) is 3.29. The number of carbonyl (C=O) groups is 1. The molecule has 1 amide bonds. The van der Waals surface area contributed by atoms with Crippen molar-refractivity contribution in [1.82, 2.24) is 9.78 Å². The molecule has 4 nitrogen and oxygen atoms in total. The van der Waals surface area contributed by atoms with Gasteiger partial charge in [0.15, 0.2) is 0 Å². The third-order valence-corrected chi connectivity index (χ3v) is 2.56. The zero-order chi connectivity index (χ0) is 10.1. The van der Waals surface area contributed by atoms with E-state index in [0.717, 1.165) is 12.4 Å². The molecule has 4 heteroatoms. The van der Waals surface area contributed by atoms with Crippen LogP contribution >= 0.6 is 0 Å². The predicted octanol–water partition coefficient (Wildman–Crippen LogP) is 0.959. The van der Waals surface area contributed by atoms with Crippen LogP contribution in [0.3, 0.4) is 0 Å². The van der Waals surface area contributed by atoms with Crippen LogP contribution in [0, 0.1) is 5.92 Å². The van der Waals surface area contributed by atoms with Crippen LogP contribution in [0.5, 0.6) is 0 Å². The molecule has 0 spiro atoms. The molecule has 1 fully saturated rings. The van der Waals surface area contributed by atoms with Crippen molar-refractivity contribution in [3.05, 3.63) is 24.9 Å². The van der Waals surface area contributed by atoms with Gasteiger partial charge in [-0.3, -0.25) is 14.4 Å². The van der Waals surface area contributed by atoms with Crippen LogP contribution in [0.4, 0.5) is 5.82 Å². The van der Waals surface area contributed by atoms with Gasteiger partial charge in [0.25, 0.3) is 0 Å². The molecule has 1 unspecified atom stereocenters. The van der Waals surface area contributed by atoms with Gasteiger partial charge in [0.05, 0.1) is 6.20 Å². The van der Waals surface area contributed by atoms with Crippen LogP contribution in [0.2, 0.25) is 0 Å². The van der Waals surface area contributed by atoms with E-state index in [2.05, 4.69) is 11.7 Å². The minimum absolute atomic E-state index is 0.151. The van der Waals surface area contributed by atoms with E-state index in [1.165, 1.54) is 0 Å². The van der Waals surface area contributed by atoms with Crippen molar-refractivity contribution >= 4 is 11.7 Å². The number of nitrogens with zero attached hydrogens (tertiary/aromatic N) is 3. The van der Waals surface area contributed by atoms with Crippen LogP contribution in [-0.2, 0) is 11.8 Å². The molecule has 1 atom stereocenters. The second-order valence-electron chi connectivity index (χ2n) is 3.52. The molecule has 0 aromatic carbocycles. The molecule has 0 saturated carbocycles. The number of amides is 1. The van der Waals surface area contributed by atoms with E-state index in [0.29, 0.717) is 6.42 Å². The summed E-state index contributed by atoms with van der Waals surface area (Å²) in [5.74, 6) is 1.29. The van der Waals surface area contributed by atoms with Crippen molar-refractivity contribution in [2.45, 2.75) is 6.42 Å². The van der Waals surface area contributed by atoms with E-state index in [-0.39, 0.29) is 11.8 Å². The fourth-order valence-corrected chi connectivity index (χ4v) is 1.75. The van der Waals surface area contributed by atoms with Crippen LogP contribution in [0.25, 0.3) is 0 Å². The minimum atomic E-state index is 0.151. The Kier molecular flexibility index (Phi) is 2.11. The molecule has 1 aromatic rings. The number of rotatable bonds is 2. The monoisotopic (exact) mass is 191 g/mol. The Hall–Kier alpha value is -1.58. The van der Waals surface area contributed by atoms with E-state index in [1.54, 1.807) is 15.8 Å². The van der Waals surface area contributed by atoms with Gasteiger partial charge in [-0.15, -0.1) is 6.58 Å². The Labute approximate surface area is 82.8 Å². The standard InChI is InChI=1S/C10H13N3O/c1-3-8-6-10(14)13(7-8)9-4-5-11-12(9)2/h3-5,8H,1,6-7H2,2H3. The van der Waals surface area contributed by atoms with Gasteiger partial charge >= 0.3 is 0 Å². The number of carbonyl (C=O) groups excluding carboxylic acids is 1. The lowest BCUT2D eigenvalue weighted by Crippen LogP contribution is -2.26. The molecule has 0 N–H and O–H groups in total. The lowest BCUT2D eigenvalue weighted by atomic mass is 10.1. The first kappa shape index (κ1) is 8.99. The van der Waals surface area contributed by atoms with Crippen LogP contribution in [0.15, 0.2) is 24.9 Å². The summed E-state index contributed by atoms with van der Waals surface area (Å²) in [5.41, 5.74) is 0. The minimum Gasteiger partial charge on any atom is -0.296 e. The number of hydrogen-bond acceptors (Lipinski definition) is 2. The molecular formula is C10H13N3O. The first-order chi connectivity index (χ1) is 6.72. The maximum atomic E-state index is 11.6. The number of hydrogen-bond donors (Lipinski definition) is 0. The fourth-order valence-electron chi connectivity index (χ4n) is 1.75. The second-order valence-corrected chi connectivity index (χ2v) is 3.52. The summed E-state index contributed by atoms with van der Waals surface area (Å²) in [4.78, 5) is 13.4. The first-order valence-electron chi connectivity index (χ1n) is 4.63. The summed E-state index contributed by atoms with van der Waals surface area (Å²) in [6, 6.07) is 1.85. The number of aryl methyl sites for hydroxylation is 1. The quantitative estimate of drug-likeness (QED) is 0.653. The molecule has 14 heavy (non-hydrogen) atoms. The summed E-state index contributed by atoms with van der Waals surface area (Å²) < 4.78 is 1.71. The smallest absolute Gasteiger partial charge is 0.228 e. The van der Waals surface area contributed by atoms with Crippen molar-refractivity contribution in [3.63, 3.8) is 0 Å². The van der Waals surface area contributed by atoms with E-state index in [1.807, 2.05) is 19.2 Å². The summed E-state index contributed by atoms with van der Waals surface area (Å²) in [7, 11) is 1.84. The summed E-state index contributed by atoms with van der Waals surface area (Å²) in [5, 5.41) is 4.04. The Balaban J connectivity index is 2.24. The van der Waals surface area contributed by atoms with E-state index in [4.69, 9.17) is 0 Å². The fraction of sp³-hybridized carbons (Fsp3) is 0.400. The van der Waals surface area contributed by atoms with Crippen molar-refractivity contribution in [2.75, 3.05) is 11.4 Å².